The molecule has 2 aromatic rings. The maximum absolute atomic E-state index is 9.01. The van der Waals surface area contributed by atoms with Crippen LogP contribution >= 0.6 is 11.6 Å². The zero-order valence-corrected chi connectivity index (χ0v) is 11.8. The summed E-state index contributed by atoms with van der Waals surface area (Å²) >= 11 is 5.98. The minimum Gasteiger partial charge on any atom is -0.392 e. The van der Waals surface area contributed by atoms with E-state index >= 15 is 0 Å². The molecule has 0 amide bonds. The van der Waals surface area contributed by atoms with Crippen molar-refractivity contribution < 1.29 is 5.11 Å². The number of aliphatic hydroxyl groups excluding tert-OH is 1. The van der Waals surface area contributed by atoms with Crippen LogP contribution in [-0.2, 0) is 19.7 Å². The molecule has 0 saturated heterocycles. The quantitative estimate of drug-likeness (QED) is 0.903. The van der Waals surface area contributed by atoms with Crippen LogP contribution in [0.15, 0.2) is 48.5 Å². The second-order valence-electron chi connectivity index (χ2n) is 4.78. The van der Waals surface area contributed by atoms with Crippen LogP contribution in [0, 0.1) is 0 Å². The summed E-state index contributed by atoms with van der Waals surface area (Å²) in [6, 6.07) is 16.0. The van der Waals surface area contributed by atoms with Gasteiger partial charge in [0.15, 0.2) is 0 Å². The molecule has 0 heterocycles. The molecule has 0 atom stereocenters. The Kier molecular flexibility index (Phi) is 4.97. The molecule has 2 rings (SSSR count). The minimum absolute atomic E-state index is 0.0959. The summed E-state index contributed by atoms with van der Waals surface area (Å²) in [5, 5.41) is 9.78. The molecule has 3 heteroatoms. The molecule has 2 aromatic carbocycles. The number of hydrogen-bond acceptors (Lipinski definition) is 2. The first-order valence-corrected chi connectivity index (χ1v) is 6.67. The van der Waals surface area contributed by atoms with Crippen molar-refractivity contribution in [2.45, 2.75) is 19.7 Å². The van der Waals surface area contributed by atoms with Crippen molar-refractivity contribution in [3.8, 4) is 0 Å². The van der Waals surface area contributed by atoms with Crippen LogP contribution in [0.2, 0.25) is 5.02 Å². The molecule has 0 radical (unpaired) electrons. The lowest BCUT2D eigenvalue weighted by molar-refractivity contribution is 0.281. The van der Waals surface area contributed by atoms with Crippen LogP contribution < -0.4 is 0 Å². The van der Waals surface area contributed by atoms with Crippen LogP contribution in [0.5, 0.6) is 0 Å². The Morgan fingerprint density at radius 3 is 2.21 bits per heavy atom. The predicted octanol–water partition coefficient (Wildman–Crippen LogP) is 3.46. The van der Waals surface area contributed by atoms with Gasteiger partial charge in [0.1, 0.15) is 0 Å². The van der Waals surface area contributed by atoms with Gasteiger partial charge in [-0.3, -0.25) is 4.90 Å². The lowest BCUT2D eigenvalue weighted by atomic mass is 10.1. The van der Waals surface area contributed by atoms with E-state index in [4.69, 9.17) is 16.7 Å². The van der Waals surface area contributed by atoms with Gasteiger partial charge in [-0.05, 0) is 35.9 Å². The highest BCUT2D eigenvalue weighted by molar-refractivity contribution is 6.30. The predicted molar refractivity (Wildman–Crippen MR) is 79.0 cm³/mol. The number of aliphatic hydroxyl groups is 1. The first-order valence-electron chi connectivity index (χ1n) is 6.29. The number of halogens is 1. The summed E-state index contributed by atoms with van der Waals surface area (Å²) in [6.07, 6.45) is 0. The number of hydrogen-bond donors (Lipinski definition) is 1. The van der Waals surface area contributed by atoms with Crippen molar-refractivity contribution in [2.75, 3.05) is 7.05 Å². The average molecular weight is 276 g/mol. The highest BCUT2D eigenvalue weighted by Crippen LogP contribution is 2.14. The average Bonchev–Trinajstić information content (AvgIpc) is 2.39. The SMILES string of the molecule is CN(Cc1ccc(CO)cc1)Cc1cccc(Cl)c1. The molecule has 100 valence electrons. The second kappa shape index (κ2) is 6.71. The van der Waals surface area contributed by atoms with Crippen molar-refractivity contribution in [3.05, 3.63) is 70.2 Å². The second-order valence-corrected chi connectivity index (χ2v) is 5.21. The highest BCUT2D eigenvalue weighted by atomic mass is 35.5. The van der Waals surface area contributed by atoms with Gasteiger partial charge in [0.05, 0.1) is 6.61 Å². The van der Waals surface area contributed by atoms with Crippen LogP contribution in [0.4, 0.5) is 0 Å². The summed E-state index contributed by atoms with van der Waals surface area (Å²) in [5.41, 5.74) is 3.39. The smallest absolute Gasteiger partial charge is 0.0681 e. The van der Waals surface area contributed by atoms with Crippen LogP contribution in [0.25, 0.3) is 0 Å². The Balaban J connectivity index is 1.95. The van der Waals surface area contributed by atoms with E-state index in [0.717, 1.165) is 23.7 Å². The van der Waals surface area contributed by atoms with Gasteiger partial charge >= 0.3 is 0 Å². The molecule has 0 spiro atoms. The molecule has 0 bridgehead atoms. The Morgan fingerprint density at radius 2 is 1.58 bits per heavy atom. The maximum Gasteiger partial charge on any atom is 0.0681 e. The van der Waals surface area contributed by atoms with Crippen LogP contribution in [0.3, 0.4) is 0 Å². The number of nitrogens with zero attached hydrogens (tertiary/aromatic N) is 1. The van der Waals surface area contributed by atoms with E-state index in [1.54, 1.807) is 0 Å². The molecular weight excluding hydrogens is 258 g/mol. The van der Waals surface area contributed by atoms with E-state index in [9.17, 15) is 0 Å². The van der Waals surface area contributed by atoms with Gasteiger partial charge in [-0.1, -0.05) is 48.0 Å². The molecule has 19 heavy (non-hydrogen) atoms. The fourth-order valence-electron chi connectivity index (χ4n) is 2.06. The number of rotatable bonds is 5. The van der Waals surface area contributed by atoms with Gasteiger partial charge in [-0.15, -0.1) is 0 Å². The first kappa shape index (κ1) is 14.1. The normalized spacial score (nSPS) is 10.9. The molecule has 0 saturated carbocycles. The first-order chi connectivity index (χ1) is 9.17. The molecule has 0 aromatic heterocycles. The fourth-order valence-corrected chi connectivity index (χ4v) is 2.28. The molecule has 0 fully saturated rings. The molecule has 0 aliphatic carbocycles. The highest BCUT2D eigenvalue weighted by Gasteiger charge is 2.02. The van der Waals surface area contributed by atoms with Crippen molar-refractivity contribution in [1.82, 2.24) is 4.90 Å². The third kappa shape index (κ3) is 4.35. The van der Waals surface area contributed by atoms with Gasteiger partial charge in [-0.2, -0.15) is 0 Å². The molecule has 1 N–H and O–H groups in total. The van der Waals surface area contributed by atoms with E-state index in [1.807, 2.05) is 30.3 Å². The molecule has 0 aliphatic heterocycles. The Bertz CT molecular complexity index is 525. The van der Waals surface area contributed by atoms with E-state index < -0.39 is 0 Å². The minimum atomic E-state index is 0.0959. The molecule has 0 unspecified atom stereocenters. The van der Waals surface area contributed by atoms with Crippen molar-refractivity contribution in [2.24, 2.45) is 0 Å². The van der Waals surface area contributed by atoms with Crippen molar-refractivity contribution in [3.63, 3.8) is 0 Å². The third-order valence-electron chi connectivity index (χ3n) is 3.00. The molecular formula is C16H18ClNO. The molecule has 0 aliphatic rings. The van der Waals surface area contributed by atoms with Gasteiger partial charge < -0.3 is 5.11 Å². The van der Waals surface area contributed by atoms with Crippen molar-refractivity contribution >= 4 is 11.6 Å². The lowest BCUT2D eigenvalue weighted by Crippen LogP contribution is -2.17. The zero-order chi connectivity index (χ0) is 13.7. The number of benzene rings is 2. The Morgan fingerprint density at radius 1 is 0.947 bits per heavy atom. The van der Waals surface area contributed by atoms with E-state index in [2.05, 4.69) is 30.1 Å². The van der Waals surface area contributed by atoms with E-state index in [-0.39, 0.29) is 6.61 Å². The standard InChI is InChI=1S/C16H18ClNO/c1-18(11-15-3-2-4-16(17)9-15)10-13-5-7-14(12-19)8-6-13/h2-9,19H,10-12H2,1H3. The van der Waals surface area contributed by atoms with Gasteiger partial charge in [0, 0.05) is 18.1 Å². The summed E-state index contributed by atoms with van der Waals surface area (Å²) in [6.45, 7) is 1.83. The summed E-state index contributed by atoms with van der Waals surface area (Å²) in [4.78, 5) is 2.24. The third-order valence-corrected chi connectivity index (χ3v) is 3.23. The van der Waals surface area contributed by atoms with Gasteiger partial charge in [-0.25, -0.2) is 0 Å². The molecule has 2 nitrogen and oxygen atoms in total. The van der Waals surface area contributed by atoms with Crippen LogP contribution in [0.1, 0.15) is 16.7 Å². The van der Waals surface area contributed by atoms with E-state index in [0.29, 0.717) is 0 Å². The van der Waals surface area contributed by atoms with Crippen molar-refractivity contribution in [1.29, 1.82) is 0 Å². The summed E-state index contributed by atoms with van der Waals surface area (Å²) < 4.78 is 0. The fraction of sp³-hybridized carbons (Fsp3) is 0.250. The van der Waals surface area contributed by atoms with Gasteiger partial charge in [0.2, 0.25) is 0 Å². The monoisotopic (exact) mass is 275 g/mol. The Labute approximate surface area is 119 Å². The Hall–Kier alpha value is -1.35. The zero-order valence-electron chi connectivity index (χ0n) is 11.0. The summed E-state index contributed by atoms with van der Waals surface area (Å²) in [7, 11) is 2.08. The van der Waals surface area contributed by atoms with E-state index in [1.165, 1.54) is 11.1 Å². The largest absolute Gasteiger partial charge is 0.392 e. The summed E-state index contributed by atoms with van der Waals surface area (Å²) in [5.74, 6) is 0. The van der Waals surface area contributed by atoms with Gasteiger partial charge in [0.25, 0.3) is 0 Å². The lowest BCUT2D eigenvalue weighted by Gasteiger charge is -2.17. The maximum atomic E-state index is 9.01. The van der Waals surface area contributed by atoms with Crippen LogP contribution in [-0.4, -0.2) is 17.1 Å². The topological polar surface area (TPSA) is 23.5 Å².